The van der Waals surface area contributed by atoms with E-state index in [1.165, 1.54) is 0 Å². The Labute approximate surface area is 143 Å². The van der Waals surface area contributed by atoms with E-state index in [9.17, 15) is 4.79 Å². The molecule has 2 aromatic heterocycles. The molecule has 0 amide bonds. The Bertz CT molecular complexity index is 975. The van der Waals surface area contributed by atoms with Gasteiger partial charge in [-0.15, -0.1) is 0 Å². The first-order valence-corrected chi connectivity index (χ1v) is 8.30. The Morgan fingerprint density at radius 2 is 1.96 bits per heavy atom. The number of benzene rings is 1. The fraction of sp³-hybridized carbons (Fsp3) is 0.353. The van der Waals surface area contributed by atoms with Gasteiger partial charge in [0.2, 0.25) is 5.95 Å². The van der Waals surface area contributed by atoms with E-state index in [1.54, 1.807) is 10.9 Å². The van der Waals surface area contributed by atoms with Crippen LogP contribution in [0.15, 0.2) is 41.3 Å². The van der Waals surface area contributed by atoms with Gasteiger partial charge in [-0.05, 0) is 12.1 Å². The summed E-state index contributed by atoms with van der Waals surface area (Å²) in [6.07, 6.45) is 2.30. The van der Waals surface area contributed by atoms with Crippen molar-refractivity contribution in [1.29, 1.82) is 0 Å². The van der Waals surface area contributed by atoms with Crippen LogP contribution in [0.3, 0.4) is 0 Å². The van der Waals surface area contributed by atoms with E-state index in [-0.39, 0.29) is 5.56 Å². The highest BCUT2D eigenvalue weighted by Crippen LogP contribution is 2.32. The van der Waals surface area contributed by atoms with Crippen LogP contribution in [-0.4, -0.2) is 51.8 Å². The second-order valence-corrected chi connectivity index (χ2v) is 6.30. The van der Waals surface area contributed by atoms with Crippen molar-refractivity contribution in [2.75, 3.05) is 31.2 Å². The summed E-state index contributed by atoms with van der Waals surface area (Å²) >= 11 is 0. The van der Waals surface area contributed by atoms with Crippen molar-refractivity contribution in [3.05, 3.63) is 46.9 Å². The summed E-state index contributed by atoms with van der Waals surface area (Å²) in [5.74, 6) is -0.0427. The maximum atomic E-state index is 12.5. The smallest absolute Gasteiger partial charge is 0.263 e. The molecule has 2 aliphatic heterocycles. The zero-order valence-corrected chi connectivity index (χ0v) is 13.5. The fourth-order valence-corrected chi connectivity index (χ4v) is 3.48. The summed E-state index contributed by atoms with van der Waals surface area (Å²) in [5, 5.41) is 4.80. The molecule has 1 N–H and O–H groups in total. The summed E-state index contributed by atoms with van der Waals surface area (Å²) < 4.78 is 13.2. The Balaban J connectivity index is 1.58. The van der Waals surface area contributed by atoms with E-state index in [0.717, 1.165) is 12.1 Å². The number of rotatable bonds is 2. The van der Waals surface area contributed by atoms with Crippen molar-refractivity contribution in [3.8, 4) is 5.69 Å². The van der Waals surface area contributed by atoms with E-state index in [4.69, 9.17) is 9.47 Å². The number of nitrogens with one attached hydrogen (secondary N) is 1. The average molecular weight is 339 g/mol. The third kappa shape index (κ3) is 2.33. The van der Waals surface area contributed by atoms with Crippen LogP contribution in [0, 0.1) is 0 Å². The predicted molar refractivity (Wildman–Crippen MR) is 91.0 cm³/mol. The lowest BCUT2D eigenvalue weighted by atomic mass is 10.2. The number of ether oxygens (including phenoxy) is 2. The third-order valence-corrected chi connectivity index (χ3v) is 4.73. The SMILES string of the molecule is O=c1[nH]c(N2CCC3(C2)OCCO3)nc2c1cnn2-c1ccccc1. The number of H-pyrrole nitrogens is 1. The van der Waals surface area contributed by atoms with E-state index >= 15 is 0 Å². The number of para-hydroxylation sites is 1. The molecule has 2 aliphatic rings. The molecular weight excluding hydrogens is 322 g/mol. The zero-order valence-electron chi connectivity index (χ0n) is 13.5. The summed E-state index contributed by atoms with van der Waals surface area (Å²) in [5.41, 5.74) is 1.21. The van der Waals surface area contributed by atoms with Crippen LogP contribution in [0.1, 0.15) is 6.42 Å². The maximum absolute atomic E-state index is 12.5. The highest BCUT2D eigenvalue weighted by Gasteiger charge is 2.44. The van der Waals surface area contributed by atoms with Gasteiger partial charge >= 0.3 is 0 Å². The predicted octanol–water partition coefficient (Wildman–Crippen LogP) is 1.06. The molecule has 3 aromatic rings. The van der Waals surface area contributed by atoms with Crippen LogP contribution in [-0.2, 0) is 9.47 Å². The Hall–Kier alpha value is -2.71. The third-order valence-electron chi connectivity index (χ3n) is 4.73. The number of aromatic amines is 1. The molecule has 1 aromatic carbocycles. The van der Waals surface area contributed by atoms with E-state index in [2.05, 4.69) is 15.1 Å². The van der Waals surface area contributed by atoms with Crippen LogP contribution in [0.5, 0.6) is 0 Å². The van der Waals surface area contributed by atoms with E-state index < -0.39 is 5.79 Å². The highest BCUT2D eigenvalue weighted by molar-refractivity contribution is 5.76. The molecule has 2 saturated heterocycles. The van der Waals surface area contributed by atoms with Crippen LogP contribution in [0.2, 0.25) is 0 Å². The van der Waals surface area contributed by atoms with Gasteiger partial charge in [0.15, 0.2) is 11.4 Å². The number of fused-ring (bicyclic) bond motifs is 1. The first-order chi connectivity index (χ1) is 12.2. The maximum Gasteiger partial charge on any atom is 0.263 e. The first-order valence-electron chi connectivity index (χ1n) is 8.30. The summed E-state index contributed by atoms with van der Waals surface area (Å²) in [7, 11) is 0. The van der Waals surface area contributed by atoms with Gasteiger partial charge in [-0.25, -0.2) is 4.68 Å². The van der Waals surface area contributed by atoms with Gasteiger partial charge in [0.05, 0.1) is 31.6 Å². The zero-order chi connectivity index (χ0) is 16.9. The van der Waals surface area contributed by atoms with Gasteiger partial charge in [-0.1, -0.05) is 18.2 Å². The number of nitrogens with zero attached hydrogens (tertiary/aromatic N) is 4. The molecule has 1 spiro atoms. The lowest BCUT2D eigenvalue weighted by molar-refractivity contribution is -0.138. The average Bonchev–Trinajstić information content (AvgIpc) is 3.37. The van der Waals surface area contributed by atoms with Gasteiger partial charge < -0.3 is 14.4 Å². The monoisotopic (exact) mass is 339 g/mol. The topological polar surface area (TPSA) is 85.3 Å². The molecule has 0 radical (unpaired) electrons. The largest absolute Gasteiger partial charge is 0.346 e. The minimum absolute atomic E-state index is 0.198. The van der Waals surface area contributed by atoms with Crippen LogP contribution < -0.4 is 10.5 Å². The molecule has 8 nitrogen and oxygen atoms in total. The molecule has 0 bridgehead atoms. The molecule has 4 heterocycles. The number of aromatic nitrogens is 4. The lowest BCUT2D eigenvalue weighted by Gasteiger charge is -2.22. The quantitative estimate of drug-likeness (QED) is 0.751. The van der Waals surface area contributed by atoms with E-state index in [0.29, 0.717) is 43.3 Å². The van der Waals surface area contributed by atoms with Gasteiger partial charge in [0.1, 0.15) is 5.39 Å². The first kappa shape index (κ1) is 14.6. The van der Waals surface area contributed by atoms with Crippen LogP contribution in [0.25, 0.3) is 16.7 Å². The lowest BCUT2D eigenvalue weighted by Crippen LogP contribution is -2.35. The van der Waals surface area contributed by atoms with Gasteiger partial charge in [-0.3, -0.25) is 9.78 Å². The molecule has 5 rings (SSSR count). The molecule has 128 valence electrons. The van der Waals surface area contributed by atoms with Crippen molar-refractivity contribution >= 4 is 17.0 Å². The van der Waals surface area contributed by atoms with Crippen molar-refractivity contribution in [3.63, 3.8) is 0 Å². The number of anilines is 1. The van der Waals surface area contributed by atoms with Crippen molar-refractivity contribution in [1.82, 2.24) is 19.7 Å². The highest BCUT2D eigenvalue weighted by atomic mass is 16.7. The normalized spacial score (nSPS) is 19.3. The molecule has 0 unspecified atom stereocenters. The molecule has 8 heteroatoms. The molecular formula is C17H17N5O3. The van der Waals surface area contributed by atoms with Crippen LogP contribution in [0.4, 0.5) is 5.95 Å². The summed E-state index contributed by atoms with van der Waals surface area (Å²) in [6, 6.07) is 9.65. The van der Waals surface area contributed by atoms with Gasteiger partial charge in [-0.2, -0.15) is 10.1 Å². The Kier molecular flexibility index (Phi) is 3.16. The second-order valence-electron chi connectivity index (χ2n) is 6.30. The van der Waals surface area contributed by atoms with Crippen LogP contribution >= 0.6 is 0 Å². The van der Waals surface area contributed by atoms with Gasteiger partial charge in [0, 0.05) is 13.0 Å². The number of hydrogen-bond acceptors (Lipinski definition) is 6. The fourth-order valence-electron chi connectivity index (χ4n) is 3.48. The molecule has 25 heavy (non-hydrogen) atoms. The minimum atomic E-state index is -0.562. The van der Waals surface area contributed by atoms with Crippen molar-refractivity contribution < 1.29 is 9.47 Å². The standard InChI is InChI=1S/C17H17N5O3/c23-15-13-10-18-22(12-4-2-1-3-5-12)14(13)19-16(20-15)21-7-6-17(11-21)24-8-9-25-17/h1-5,10H,6-9,11H2,(H,19,20,23). The van der Waals surface area contributed by atoms with E-state index in [1.807, 2.05) is 35.2 Å². The van der Waals surface area contributed by atoms with Crippen molar-refractivity contribution in [2.45, 2.75) is 12.2 Å². The van der Waals surface area contributed by atoms with Gasteiger partial charge in [0.25, 0.3) is 5.56 Å². The Morgan fingerprint density at radius 1 is 1.16 bits per heavy atom. The summed E-state index contributed by atoms with van der Waals surface area (Å²) in [6.45, 7) is 2.49. The van der Waals surface area contributed by atoms with Crippen molar-refractivity contribution in [2.24, 2.45) is 0 Å². The molecule has 0 aliphatic carbocycles. The second kappa shape index (κ2) is 5.40. The minimum Gasteiger partial charge on any atom is -0.346 e. The summed E-state index contributed by atoms with van der Waals surface area (Å²) in [4.78, 5) is 22.0. The molecule has 2 fully saturated rings. The molecule has 0 saturated carbocycles. The molecule has 0 atom stereocenters. The number of hydrogen-bond donors (Lipinski definition) is 1. The Morgan fingerprint density at radius 3 is 2.76 bits per heavy atom.